The summed E-state index contributed by atoms with van der Waals surface area (Å²) in [6.45, 7) is 3.19. The van der Waals surface area contributed by atoms with Crippen LogP contribution in [0, 0.1) is 18.6 Å². The highest BCUT2D eigenvalue weighted by atomic mass is 19.1. The van der Waals surface area contributed by atoms with E-state index >= 15 is 0 Å². The van der Waals surface area contributed by atoms with Crippen LogP contribution in [0.25, 0.3) is 0 Å². The molecule has 3 unspecified atom stereocenters. The van der Waals surface area contributed by atoms with E-state index in [2.05, 4.69) is 5.32 Å². The summed E-state index contributed by atoms with van der Waals surface area (Å²) in [5, 5.41) is 11.7. The van der Waals surface area contributed by atoms with E-state index in [1.807, 2.05) is 0 Å². The molecule has 1 fully saturated rings. The molecule has 0 radical (unpaired) electrons. The number of aryl methyl sites for hydroxylation is 1. The number of benzene rings is 1. The normalized spacial score (nSPS) is 27.3. The van der Waals surface area contributed by atoms with E-state index in [0.717, 1.165) is 12.1 Å². The van der Waals surface area contributed by atoms with Gasteiger partial charge in [-0.1, -0.05) is 0 Å². The van der Waals surface area contributed by atoms with Gasteiger partial charge in [-0.15, -0.1) is 0 Å². The van der Waals surface area contributed by atoms with Gasteiger partial charge in [0.05, 0.1) is 12.2 Å². The van der Waals surface area contributed by atoms with Gasteiger partial charge in [0.1, 0.15) is 17.7 Å². The van der Waals surface area contributed by atoms with Gasteiger partial charge in [0.2, 0.25) is 0 Å². The molecular formula is C13H15F2NO3. The van der Waals surface area contributed by atoms with Gasteiger partial charge >= 0.3 is 5.97 Å². The Balaban J connectivity index is 2.21. The minimum absolute atomic E-state index is 0.103. The molecule has 2 rings (SSSR count). The van der Waals surface area contributed by atoms with Gasteiger partial charge in [-0.3, -0.25) is 10.1 Å². The highest BCUT2D eigenvalue weighted by Crippen LogP contribution is 2.27. The molecule has 1 saturated heterocycles. The number of halogens is 2. The third kappa shape index (κ3) is 2.74. The van der Waals surface area contributed by atoms with Crippen molar-refractivity contribution in [1.82, 2.24) is 5.32 Å². The fourth-order valence-corrected chi connectivity index (χ4v) is 2.17. The van der Waals surface area contributed by atoms with Crippen molar-refractivity contribution in [2.24, 2.45) is 0 Å². The number of morpholine rings is 1. The maximum absolute atomic E-state index is 13.8. The zero-order valence-corrected chi connectivity index (χ0v) is 10.6. The Hall–Kier alpha value is -1.53. The molecule has 3 atom stereocenters. The third-order valence-corrected chi connectivity index (χ3v) is 3.26. The zero-order chi connectivity index (χ0) is 14.2. The lowest BCUT2D eigenvalue weighted by molar-refractivity contribution is -0.149. The average molecular weight is 271 g/mol. The molecule has 2 N–H and O–H groups in total. The third-order valence-electron chi connectivity index (χ3n) is 3.26. The molecule has 0 saturated carbocycles. The lowest BCUT2D eigenvalue weighted by Crippen LogP contribution is -2.52. The number of carboxylic acid groups (broad SMARTS) is 1. The van der Waals surface area contributed by atoms with Gasteiger partial charge in [0.25, 0.3) is 0 Å². The standard InChI is InChI=1S/C13H15F2NO3/c1-6-3-10(15)8(4-9(6)14)11-5-16-12(13(17)18)7(2)19-11/h3-4,7,11-12,16H,5H2,1-2H3,(H,17,18). The second kappa shape index (κ2) is 5.22. The molecule has 104 valence electrons. The summed E-state index contributed by atoms with van der Waals surface area (Å²) < 4.78 is 32.8. The fraction of sp³-hybridized carbons (Fsp3) is 0.462. The van der Waals surface area contributed by atoms with Crippen molar-refractivity contribution in [3.8, 4) is 0 Å². The van der Waals surface area contributed by atoms with Gasteiger partial charge in [0.15, 0.2) is 0 Å². The number of ether oxygens (including phenoxy) is 1. The molecule has 1 aromatic rings. The molecule has 0 aliphatic carbocycles. The molecule has 4 nitrogen and oxygen atoms in total. The molecule has 0 aromatic heterocycles. The maximum Gasteiger partial charge on any atom is 0.323 e. The van der Waals surface area contributed by atoms with Crippen LogP contribution in [0.3, 0.4) is 0 Å². The van der Waals surface area contributed by atoms with Crippen LogP contribution in [0.5, 0.6) is 0 Å². The van der Waals surface area contributed by atoms with Crippen LogP contribution in [0.2, 0.25) is 0 Å². The highest BCUT2D eigenvalue weighted by molar-refractivity contribution is 5.74. The van der Waals surface area contributed by atoms with Crippen molar-refractivity contribution in [3.63, 3.8) is 0 Å². The number of hydrogen-bond donors (Lipinski definition) is 2. The monoisotopic (exact) mass is 271 g/mol. The first-order chi connectivity index (χ1) is 8.90. The van der Waals surface area contributed by atoms with E-state index in [-0.39, 0.29) is 17.7 Å². The van der Waals surface area contributed by atoms with Crippen LogP contribution in [-0.4, -0.2) is 29.8 Å². The quantitative estimate of drug-likeness (QED) is 0.860. The second-order valence-corrected chi connectivity index (χ2v) is 4.68. The predicted octanol–water partition coefficient (Wildman–Crippen LogP) is 1.78. The Morgan fingerprint density at radius 3 is 2.68 bits per heavy atom. The molecule has 1 aliphatic heterocycles. The van der Waals surface area contributed by atoms with Crippen LogP contribution in [-0.2, 0) is 9.53 Å². The Morgan fingerprint density at radius 2 is 2.11 bits per heavy atom. The van der Waals surface area contributed by atoms with E-state index in [4.69, 9.17) is 9.84 Å². The van der Waals surface area contributed by atoms with Crippen LogP contribution in [0.15, 0.2) is 12.1 Å². The Morgan fingerprint density at radius 1 is 1.42 bits per heavy atom. The van der Waals surface area contributed by atoms with Crippen molar-refractivity contribution in [3.05, 3.63) is 34.9 Å². The first-order valence-corrected chi connectivity index (χ1v) is 5.97. The van der Waals surface area contributed by atoms with Crippen LogP contribution in [0.4, 0.5) is 8.78 Å². The number of hydrogen-bond acceptors (Lipinski definition) is 3. The largest absolute Gasteiger partial charge is 0.480 e. The summed E-state index contributed by atoms with van der Waals surface area (Å²) in [6, 6.07) is 1.38. The van der Waals surface area contributed by atoms with Crippen molar-refractivity contribution >= 4 is 5.97 Å². The fourth-order valence-electron chi connectivity index (χ4n) is 2.17. The highest BCUT2D eigenvalue weighted by Gasteiger charge is 2.34. The maximum atomic E-state index is 13.8. The van der Waals surface area contributed by atoms with Gasteiger partial charge in [-0.2, -0.15) is 0 Å². The smallest absolute Gasteiger partial charge is 0.323 e. The van der Waals surface area contributed by atoms with E-state index in [1.165, 1.54) is 6.92 Å². The molecule has 1 aromatic carbocycles. The summed E-state index contributed by atoms with van der Waals surface area (Å²) in [5.74, 6) is -2.08. The van der Waals surface area contributed by atoms with Crippen LogP contribution < -0.4 is 5.32 Å². The first kappa shape index (κ1) is 13.9. The number of carbonyl (C=O) groups is 1. The molecule has 6 heteroatoms. The summed E-state index contributed by atoms with van der Waals surface area (Å²) >= 11 is 0. The van der Waals surface area contributed by atoms with Crippen molar-refractivity contribution in [2.45, 2.75) is 32.1 Å². The minimum atomic E-state index is -1.03. The van der Waals surface area contributed by atoms with Gasteiger partial charge in [-0.05, 0) is 31.5 Å². The lowest BCUT2D eigenvalue weighted by Gasteiger charge is -2.33. The Labute approximate surface area is 109 Å². The van der Waals surface area contributed by atoms with E-state index in [9.17, 15) is 13.6 Å². The van der Waals surface area contributed by atoms with Gasteiger partial charge in [-0.25, -0.2) is 8.78 Å². The average Bonchev–Trinajstić information content (AvgIpc) is 2.33. The Bertz CT molecular complexity index is 507. The lowest BCUT2D eigenvalue weighted by atomic mass is 10.0. The topological polar surface area (TPSA) is 58.6 Å². The summed E-state index contributed by atoms with van der Waals surface area (Å²) in [5.41, 5.74) is 0.327. The molecule has 0 spiro atoms. The molecule has 19 heavy (non-hydrogen) atoms. The Kier molecular flexibility index (Phi) is 3.82. The van der Waals surface area contributed by atoms with E-state index < -0.39 is 35.9 Å². The molecule has 1 heterocycles. The number of nitrogens with one attached hydrogen (secondary N) is 1. The second-order valence-electron chi connectivity index (χ2n) is 4.68. The zero-order valence-electron chi connectivity index (χ0n) is 10.6. The first-order valence-electron chi connectivity index (χ1n) is 5.97. The number of aliphatic carboxylic acids is 1. The van der Waals surface area contributed by atoms with Crippen molar-refractivity contribution < 1.29 is 23.4 Å². The summed E-state index contributed by atoms with van der Waals surface area (Å²) in [6.07, 6.45) is -1.32. The molecular weight excluding hydrogens is 256 g/mol. The van der Waals surface area contributed by atoms with Crippen LogP contribution >= 0.6 is 0 Å². The summed E-state index contributed by atoms with van der Waals surface area (Å²) in [4.78, 5) is 10.9. The van der Waals surface area contributed by atoms with Crippen molar-refractivity contribution in [2.75, 3.05) is 6.54 Å². The number of carboxylic acids is 1. The van der Waals surface area contributed by atoms with E-state index in [1.54, 1.807) is 6.92 Å². The van der Waals surface area contributed by atoms with E-state index in [0.29, 0.717) is 0 Å². The van der Waals surface area contributed by atoms with Gasteiger partial charge < -0.3 is 9.84 Å². The summed E-state index contributed by atoms with van der Waals surface area (Å²) in [7, 11) is 0. The molecule has 0 amide bonds. The van der Waals surface area contributed by atoms with Gasteiger partial charge in [0, 0.05) is 12.1 Å². The molecule has 0 bridgehead atoms. The number of rotatable bonds is 2. The minimum Gasteiger partial charge on any atom is -0.480 e. The predicted molar refractivity (Wildman–Crippen MR) is 63.8 cm³/mol. The molecule has 1 aliphatic rings. The van der Waals surface area contributed by atoms with Crippen molar-refractivity contribution in [1.29, 1.82) is 0 Å². The van der Waals surface area contributed by atoms with Crippen LogP contribution in [0.1, 0.15) is 24.2 Å². The SMILES string of the molecule is Cc1cc(F)c(C2CNC(C(=O)O)C(C)O2)cc1F.